The first-order valence-electron chi connectivity index (χ1n) is 7.19. The highest BCUT2D eigenvalue weighted by Crippen LogP contribution is 2.20. The van der Waals surface area contributed by atoms with Crippen LogP contribution in [-0.4, -0.2) is 30.9 Å². The Labute approximate surface area is 143 Å². The average molecular weight is 358 g/mol. The quantitative estimate of drug-likeness (QED) is 0.708. The molecule has 0 spiro atoms. The molecule has 1 amide bonds. The number of para-hydroxylation sites is 1. The number of ether oxygens (including phenoxy) is 1. The maximum absolute atomic E-state index is 12.0. The topological polar surface area (TPSA) is 124 Å². The number of carbonyl (C=O) groups is 1. The standard InChI is InChI=1S/C16H14N4O4S/c17-25(22,23)12-7-5-11(6-8-12)20-15(21)9-24-16-13-3-1-2-4-14(13)18-10-19-16/h1-8,10H,9H2,(H,20,21)(H2,17,22,23). The summed E-state index contributed by atoms with van der Waals surface area (Å²) in [7, 11) is -3.77. The van der Waals surface area contributed by atoms with Crippen LogP contribution in [-0.2, 0) is 14.8 Å². The molecule has 0 atom stereocenters. The fourth-order valence-electron chi connectivity index (χ4n) is 2.15. The smallest absolute Gasteiger partial charge is 0.262 e. The highest BCUT2D eigenvalue weighted by atomic mass is 32.2. The number of rotatable bonds is 5. The Morgan fingerprint density at radius 2 is 1.80 bits per heavy atom. The number of nitrogens with two attached hydrogens (primary N) is 1. The van der Waals surface area contributed by atoms with Gasteiger partial charge in [0.05, 0.1) is 15.8 Å². The van der Waals surface area contributed by atoms with E-state index in [0.29, 0.717) is 22.5 Å². The molecule has 128 valence electrons. The number of aromatic nitrogens is 2. The second-order valence-corrected chi connectivity index (χ2v) is 6.66. The molecule has 1 heterocycles. The number of amides is 1. The van der Waals surface area contributed by atoms with Crippen LogP contribution < -0.4 is 15.2 Å². The number of sulfonamides is 1. The van der Waals surface area contributed by atoms with Gasteiger partial charge in [0.25, 0.3) is 5.91 Å². The lowest BCUT2D eigenvalue weighted by atomic mass is 10.2. The van der Waals surface area contributed by atoms with E-state index in [2.05, 4.69) is 15.3 Å². The molecule has 0 bridgehead atoms. The van der Waals surface area contributed by atoms with Gasteiger partial charge in [-0.3, -0.25) is 4.79 Å². The second-order valence-electron chi connectivity index (χ2n) is 5.10. The van der Waals surface area contributed by atoms with Gasteiger partial charge < -0.3 is 10.1 Å². The van der Waals surface area contributed by atoms with Gasteiger partial charge in [-0.1, -0.05) is 12.1 Å². The third-order valence-electron chi connectivity index (χ3n) is 3.31. The number of hydrogen-bond acceptors (Lipinski definition) is 6. The zero-order valence-corrected chi connectivity index (χ0v) is 13.7. The minimum Gasteiger partial charge on any atom is -0.467 e. The van der Waals surface area contributed by atoms with Crippen molar-refractivity contribution in [3.63, 3.8) is 0 Å². The summed E-state index contributed by atoms with van der Waals surface area (Å²) in [6.45, 7) is -0.252. The molecule has 9 heteroatoms. The maximum atomic E-state index is 12.0. The molecule has 8 nitrogen and oxygen atoms in total. The average Bonchev–Trinajstić information content (AvgIpc) is 2.59. The second kappa shape index (κ2) is 6.83. The van der Waals surface area contributed by atoms with Crippen molar-refractivity contribution in [2.75, 3.05) is 11.9 Å². The monoisotopic (exact) mass is 358 g/mol. The third kappa shape index (κ3) is 4.08. The molecular formula is C16H14N4O4S. The van der Waals surface area contributed by atoms with Gasteiger partial charge in [0.15, 0.2) is 6.61 Å². The normalized spacial score (nSPS) is 11.2. The highest BCUT2D eigenvalue weighted by Gasteiger charge is 2.10. The van der Waals surface area contributed by atoms with Crippen molar-refractivity contribution in [2.45, 2.75) is 4.90 Å². The Balaban J connectivity index is 1.65. The number of primary sulfonamides is 1. The van der Waals surface area contributed by atoms with Crippen LogP contribution in [0.4, 0.5) is 5.69 Å². The van der Waals surface area contributed by atoms with Gasteiger partial charge in [-0.15, -0.1) is 0 Å². The van der Waals surface area contributed by atoms with Gasteiger partial charge in [-0.2, -0.15) is 0 Å². The van der Waals surface area contributed by atoms with Crippen molar-refractivity contribution in [1.82, 2.24) is 9.97 Å². The zero-order valence-electron chi connectivity index (χ0n) is 12.9. The molecule has 25 heavy (non-hydrogen) atoms. The molecule has 3 N–H and O–H groups in total. The van der Waals surface area contributed by atoms with Crippen molar-refractivity contribution < 1.29 is 17.9 Å². The number of carbonyl (C=O) groups excluding carboxylic acids is 1. The summed E-state index contributed by atoms with van der Waals surface area (Å²) in [5.74, 6) is -0.101. The van der Waals surface area contributed by atoms with Crippen molar-refractivity contribution in [2.24, 2.45) is 5.14 Å². The molecule has 2 aromatic carbocycles. The summed E-state index contributed by atoms with van der Waals surface area (Å²) in [6.07, 6.45) is 1.36. The first-order chi connectivity index (χ1) is 11.9. The summed E-state index contributed by atoms with van der Waals surface area (Å²) in [4.78, 5) is 20.1. The van der Waals surface area contributed by atoms with E-state index in [4.69, 9.17) is 9.88 Å². The van der Waals surface area contributed by atoms with E-state index in [0.717, 1.165) is 0 Å². The minimum atomic E-state index is -3.77. The molecule has 0 fully saturated rings. The first kappa shape index (κ1) is 16.8. The van der Waals surface area contributed by atoms with E-state index in [1.165, 1.54) is 30.6 Å². The Bertz CT molecular complexity index is 1010. The number of nitrogens with one attached hydrogen (secondary N) is 1. The van der Waals surface area contributed by atoms with Crippen molar-refractivity contribution in [3.05, 3.63) is 54.9 Å². The van der Waals surface area contributed by atoms with E-state index in [1.807, 2.05) is 18.2 Å². The summed E-state index contributed by atoms with van der Waals surface area (Å²) < 4.78 is 27.8. The SMILES string of the molecule is NS(=O)(=O)c1ccc(NC(=O)COc2ncnc3ccccc23)cc1. The molecule has 0 saturated carbocycles. The van der Waals surface area contributed by atoms with E-state index in [-0.39, 0.29) is 11.5 Å². The van der Waals surface area contributed by atoms with E-state index >= 15 is 0 Å². The number of benzene rings is 2. The summed E-state index contributed by atoms with van der Waals surface area (Å²) >= 11 is 0. The Morgan fingerprint density at radius 1 is 1.08 bits per heavy atom. The summed E-state index contributed by atoms with van der Waals surface area (Å²) in [6, 6.07) is 12.8. The van der Waals surface area contributed by atoms with Crippen LogP contribution in [0.5, 0.6) is 5.88 Å². The van der Waals surface area contributed by atoms with E-state index in [9.17, 15) is 13.2 Å². The lowest BCUT2D eigenvalue weighted by molar-refractivity contribution is -0.118. The van der Waals surface area contributed by atoms with Crippen LogP contribution in [0.1, 0.15) is 0 Å². The van der Waals surface area contributed by atoms with Crippen molar-refractivity contribution >= 4 is 32.5 Å². The van der Waals surface area contributed by atoms with Crippen molar-refractivity contribution in [3.8, 4) is 5.88 Å². The third-order valence-corrected chi connectivity index (χ3v) is 4.24. The fraction of sp³-hybridized carbons (Fsp3) is 0.0625. The molecule has 0 unspecified atom stereocenters. The fourth-order valence-corrected chi connectivity index (χ4v) is 2.67. The molecule has 0 saturated heterocycles. The predicted molar refractivity (Wildman–Crippen MR) is 91.5 cm³/mol. The number of anilines is 1. The van der Waals surface area contributed by atoms with E-state index < -0.39 is 15.9 Å². The van der Waals surface area contributed by atoms with Crippen LogP contribution in [0.3, 0.4) is 0 Å². The van der Waals surface area contributed by atoms with E-state index in [1.54, 1.807) is 6.07 Å². The molecule has 0 aliphatic rings. The summed E-state index contributed by atoms with van der Waals surface area (Å²) in [5.41, 5.74) is 1.14. The lowest BCUT2D eigenvalue weighted by Crippen LogP contribution is -2.20. The number of nitrogens with zero attached hydrogens (tertiary/aromatic N) is 2. The molecule has 3 aromatic rings. The Hall–Kier alpha value is -3.04. The molecule has 0 radical (unpaired) electrons. The maximum Gasteiger partial charge on any atom is 0.262 e. The van der Waals surface area contributed by atoms with Gasteiger partial charge >= 0.3 is 0 Å². The van der Waals surface area contributed by atoms with Gasteiger partial charge in [-0.05, 0) is 36.4 Å². The highest BCUT2D eigenvalue weighted by molar-refractivity contribution is 7.89. The van der Waals surface area contributed by atoms with Crippen LogP contribution in [0.2, 0.25) is 0 Å². The van der Waals surface area contributed by atoms with Crippen LogP contribution >= 0.6 is 0 Å². The Kier molecular flexibility index (Phi) is 4.59. The predicted octanol–water partition coefficient (Wildman–Crippen LogP) is 1.29. The summed E-state index contributed by atoms with van der Waals surface area (Å²) in [5, 5.41) is 8.32. The van der Waals surface area contributed by atoms with Crippen LogP contribution in [0.25, 0.3) is 10.9 Å². The minimum absolute atomic E-state index is 0.0331. The molecule has 1 aromatic heterocycles. The molecular weight excluding hydrogens is 344 g/mol. The number of fused-ring (bicyclic) bond motifs is 1. The lowest BCUT2D eigenvalue weighted by Gasteiger charge is -2.09. The Morgan fingerprint density at radius 3 is 2.52 bits per heavy atom. The largest absolute Gasteiger partial charge is 0.467 e. The van der Waals surface area contributed by atoms with Crippen molar-refractivity contribution in [1.29, 1.82) is 0 Å². The van der Waals surface area contributed by atoms with Crippen LogP contribution in [0, 0.1) is 0 Å². The molecule has 3 rings (SSSR count). The number of hydrogen-bond donors (Lipinski definition) is 2. The molecule has 0 aliphatic heterocycles. The van der Waals surface area contributed by atoms with Gasteiger partial charge in [0.2, 0.25) is 15.9 Å². The van der Waals surface area contributed by atoms with Gasteiger partial charge in [-0.25, -0.2) is 23.5 Å². The van der Waals surface area contributed by atoms with Crippen LogP contribution in [0.15, 0.2) is 59.8 Å². The molecule has 0 aliphatic carbocycles. The first-order valence-corrected chi connectivity index (χ1v) is 8.73. The zero-order chi connectivity index (χ0) is 17.9. The van der Waals surface area contributed by atoms with Gasteiger partial charge in [0.1, 0.15) is 6.33 Å². The van der Waals surface area contributed by atoms with Gasteiger partial charge in [0, 0.05) is 5.69 Å².